The van der Waals surface area contributed by atoms with Gasteiger partial charge >= 0.3 is 0 Å². The van der Waals surface area contributed by atoms with Gasteiger partial charge in [0.2, 0.25) is 0 Å². The Labute approximate surface area is 115 Å². The molecule has 0 radical (unpaired) electrons. The van der Waals surface area contributed by atoms with Gasteiger partial charge in [0.25, 0.3) is 5.91 Å². The fourth-order valence-corrected chi connectivity index (χ4v) is 2.75. The quantitative estimate of drug-likeness (QED) is 0.872. The summed E-state index contributed by atoms with van der Waals surface area (Å²) < 4.78 is 5.94. The predicted octanol–water partition coefficient (Wildman–Crippen LogP) is 2.39. The molecule has 18 heavy (non-hydrogen) atoms. The molecule has 0 aliphatic heterocycles. The average molecular weight is 313 g/mol. The largest absolute Gasteiger partial charge is 0.381 e. The number of nitrogens with zero attached hydrogens (tertiary/aromatic N) is 1. The van der Waals surface area contributed by atoms with Crippen molar-refractivity contribution in [3.8, 4) is 0 Å². The molecule has 0 bridgehead atoms. The zero-order valence-corrected chi connectivity index (χ0v) is 12.3. The van der Waals surface area contributed by atoms with Crippen molar-refractivity contribution < 1.29 is 9.53 Å². The van der Waals surface area contributed by atoms with Gasteiger partial charge in [-0.1, -0.05) is 13.8 Å². The lowest BCUT2D eigenvalue weighted by atomic mass is 9.64. The summed E-state index contributed by atoms with van der Waals surface area (Å²) in [5.41, 5.74) is 0.535. The number of nitrogens with one attached hydrogen (secondary N) is 1. The summed E-state index contributed by atoms with van der Waals surface area (Å²) in [4.78, 5) is 16.2. The highest BCUT2D eigenvalue weighted by atomic mass is 79.9. The third kappa shape index (κ3) is 2.29. The maximum absolute atomic E-state index is 12.1. The zero-order chi connectivity index (χ0) is 13.3. The molecule has 2 unspecified atom stereocenters. The number of hydrogen-bond acceptors (Lipinski definition) is 3. The van der Waals surface area contributed by atoms with Gasteiger partial charge in [0.1, 0.15) is 4.60 Å². The first-order valence-corrected chi connectivity index (χ1v) is 6.70. The number of rotatable bonds is 3. The van der Waals surface area contributed by atoms with Crippen molar-refractivity contribution in [1.82, 2.24) is 10.3 Å². The van der Waals surface area contributed by atoms with Gasteiger partial charge in [-0.2, -0.15) is 0 Å². The van der Waals surface area contributed by atoms with E-state index in [9.17, 15) is 4.79 Å². The van der Waals surface area contributed by atoms with Crippen LogP contribution in [-0.4, -0.2) is 30.1 Å². The summed E-state index contributed by atoms with van der Waals surface area (Å²) >= 11 is 3.28. The van der Waals surface area contributed by atoms with Crippen LogP contribution in [0.25, 0.3) is 0 Å². The lowest BCUT2D eigenvalue weighted by molar-refractivity contribution is -0.0942. The van der Waals surface area contributed by atoms with E-state index in [1.54, 1.807) is 25.4 Å². The van der Waals surface area contributed by atoms with Gasteiger partial charge in [0, 0.05) is 24.8 Å². The minimum atomic E-state index is -0.0948. The summed E-state index contributed by atoms with van der Waals surface area (Å²) in [6.07, 6.45) is 2.71. The lowest BCUT2D eigenvalue weighted by Gasteiger charge is -2.51. The van der Waals surface area contributed by atoms with E-state index in [-0.39, 0.29) is 23.5 Å². The smallest absolute Gasteiger partial charge is 0.254 e. The molecule has 1 fully saturated rings. The van der Waals surface area contributed by atoms with Crippen LogP contribution in [0.15, 0.2) is 22.9 Å². The van der Waals surface area contributed by atoms with E-state index in [0.717, 1.165) is 6.42 Å². The van der Waals surface area contributed by atoms with Crippen LogP contribution in [0.1, 0.15) is 30.6 Å². The Morgan fingerprint density at radius 3 is 2.89 bits per heavy atom. The van der Waals surface area contributed by atoms with Crippen LogP contribution in [0.3, 0.4) is 0 Å². The molecular formula is C13H17BrN2O2. The summed E-state index contributed by atoms with van der Waals surface area (Å²) in [5.74, 6) is -0.0948. The molecular weight excluding hydrogens is 296 g/mol. The van der Waals surface area contributed by atoms with Crippen molar-refractivity contribution in [3.05, 3.63) is 28.5 Å². The minimum absolute atomic E-state index is 0.0287. The molecule has 1 aliphatic carbocycles. The Morgan fingerprint density at radius 2 is 2.33 bits per heavy atom. The van der Waals surface area contributed by atoms with Gasteiger partial charge in [-0.25, -0.2) is 4.98 Å². The van der Waals surface area contributed by atoms with Gasteiger partial charge in [-0.05, 0) is 34.5 Å². The first-order valence-electron chi connectivity index (χ1n) is 5.91. The first-order chi connectivity index (χ1) is 8.46. The molecule has 2 atom stereocenters. The molecule has 0 saturated heterocycles. The monoisotopic (exact) mass is 312 g/mol. The second kappa shape index (κ2) is 4.97. The number of carbonyl (C=O) groups excluding carboxylic acids is 1. The molecule has 1 heterocycles. The molecule has 1 aromatic heterocycles. The molecule has 5 heteroatoms. The number of carbonyl (C=O) groups is 1. The molecule has 1 aromatic rings. The lowest BCUT2D eigenvalue weighted by Crippen LogP contribution is -2.61. The van der Waals surface area contributed by atoms with Gasteiger partial charge < -0.3 is 10.1 Å². The second-order valence-electron chi connectivity index (χ2n) is 5.15. The normalized spacial score (nSPS) is 25.3. The van der Waals surface area contributed by atoms with Gasteiger partial charge in [-0.3, -0.25) is 4.79 Å². The highest BCUT2D eigenvalue weighted by Crippen LogP contribution is 2.42. The van der Waals surface area contributed by atoms with E-state index in [0.29, 0.717) is 10.2 Å². The molecule has 1 amide bonds. The predicted molar refractivity (Wildman–Crippen MR) is 72.4 cm³/mol. The summed E-state index contributed by atoms with van der Waals surface area (Å²) in [5, 5.41) is 3.04. The van der Waals surface area contributed by atoms with Gasteiger partial charge in [-0.15, -0.1) is 0 Å². The zero-order valence-electron chi connectivity index (χ0n) is 10.7. The third-order valence-corrected chi connectivity index (χ3v) is 4.40. The number of halogens is 1. The fourth-order valence-electron chi connectivity index (χ4n) is 2.32. The van der Waals surface area contributed by atoms with Crippen LogP contribution in [0.5, 0.6) is 0 Å². The highest BCUT2D eigenvalue weighted by molar-refractivity contribution is 9.10. The molecule has 0 spiro atoms. The Hall–Kier alpha value is -0.940. The third-order valence-electron chi connectivity index (χ3n) is 3.77. The SMILES string of the molecule is COC1CC(NC(=O)c2cccnc2Br)C1(C)C. The Morgan fingerprint density at radius 1 is 1.61 bits per heavy atom. The second-order valence-corrected chi connectivity index (χ2v) is 5.90. The standard InChI is InChI=1S/C13H17BrN2O2/c1-13(2)9(7-10(13)18-3)16-12(17)8-5-4-6-15-11(8)14/h4-6,9-10H,7H2,1-3H3,(H,16,17). The van der Waals surface area contributed by atoms with E-state index in [1.807, 2.05) is 0 Å². The van der Waals surface area contributed by atoms with Crippen LogP contribution in [0, 0.1) is 5.41 Å². The van der Waals surface area contributed by atoms with E-state index in [2.05, 4.69) is 40.1 Å². The van der Waals surface area contributed by atoms with Crippen molar-refractivity contribution >= 4 is 21.8 Å². The highest BCUT2D eigenvalue weighted by Gasteiger charge is 2.49. The van der Waals surface area contributed by atoms with Gasteiger partial charge in [0.15, 0.2) is 0 Å². The maximum atomic E-state index is 12.1. The summed E-state index contributed by atoms with van der Waals surface area (Å²) in [7, 11) is 1.71. The first kappa shape index (κ1) is 13.5. The van der Waals surface area contributed by atoms with Crippen LogP contribution in [-0.2, 0) is 4.74 Å². The maximum Gasteiger partial charge on any atom is 0.254 e. The minimum Gasteiger partial charge on any atom is -0.381 e. The molecule has 1 aliphatic rings. The molecule has 0 aromatic carbocycles. The van der Waals surface area contributed by atoms with E-state index in [4.69, 9.17) is 4.74 Å². The van der Waals surface area contributed by atoms with Crippen molar-refractivity contribution in [3.63, 3.8) is 0 Å². The number of ether oxygens (including phenoxy) is 1. The van der Waals surface area contributed by atoms with Crippen molar-refractivity contribution in [2.45, 2.75) is 32.4 Å². The molecule has 1 N–H and O–H groups in total. The van der Waals surface area contributed by atoms with E-state index < -0.39 is 0 Å². The number of pyridine rings is 1. The Kier molecular flexibility index (Phi) is 3.73. The van der Waals surface area contributed by atoms with Crippen molar-refractivity contribution in [2.75, 3.05) is 7.11 Å². The van der Waals surface area contributed by atoms with Crippen molar-refractivity contribution in [1.29, 1.82) is 0 Å². The summed E-state index contributed by atoms with van der Waals surface area (Å²) in [6, 6.07) is 3.65. The molecule has 98 valence electrons. The topological polar surface area (TPSA) is 51.2 Å². The van der Waals surface area contributed by atoms with Crippen LogP contribution < -0.4 is 5.32 Å². The van der Waals surface area contributed by atoms with E-state index in [1.165, 1.54) is 0 Å². The average Bonchev–Trinajstić information content (AvgIpc) is 2.34. The number of amides is 1. The number of hydrogen-bond donors (Lipinski definition) is 1. The van der Waals surface area contributed by atoms with Crippen molar-refractivity contribution in [2.24, 2.45) is 5.41 Å². The van der Waals surface area contributed by atoms with Gasteiger partial charge in [0.05, 0.1) is 11.7 Å². The molecule has 4 nitrogen and oxygen atoms in total. The molecule has 1 saturated carbocycles. The number of methoxy groups -OCH3 is 1. The van der Waals surface area contributed by atoms with Crippen LogP contribution >= 0.6 is 15.9 Å². The Bertz CT molecular complexity index is 462. The van der Waals surface area contributed by atoms with Crippen LogP contribution in [0.2, 0.25) is 0 Å². The van der Waals surface area contributed by atoms with E-state index >= 15 is 0 Å². The number of aromatic nitrogens is 1. The fraction of sp³-hybridized carbons (Fsp3) is 0.538. The molecule has 2 rings (SSSR count). The Balaban J connectivity index is 2.04. The van der Waals surface area contributed by atoms with Crippen LogP contribution in [0.4, 0.5) is 0 Å². The summed E-state index contributed by atoms with van der Waals surface area (Å²) in [6.45, 7) is 4.21.